The van der Waals surface area contributed by atoms with Crippen molar-refractivity contribution in [2.24, 2.45) is 0 Å². The smallest absolute Gasteiger partial charge is 0.331 e. The Morgan fingerprint density at radius 2 is 1.79 bits per heavy atom. The average molecular weight is 641 g/mol. The lowest BCUT2D eigenvalue weighted by atomic mass is 10.0. The van der Waals surface area contributed by atoms with Gasteiger partial charge in [-0.05, 0) is 68.3 Å². The molecule has 4 aromatic rings. The first-order valence-corrected chi connectivity index (χ1v) is 16.1. The van der Waals surface area contributed by atoms with Gasteiger partial charge in [-0.15, -0.1) is 0 Å². The first-order valence-electron chi connectivity index (χ1n) is 12.9. The first kappa shape index (κ1) is 30.3. The second kappa shape index (κ2) is 10.8. The highest BCUT2D eigenvalue weighted by Gasteiger charge is 2.39. The van der Waals surface area contributed by atoms with Crippen LogP contribution in [0.1, 0.15) is 41.4 Å². The number of aromatic amines is 1. The van der Waals surface area contributed by atoms with Gasteiger partial charge in [0.05, 0.1) is 23.1 Å². The molecule has 0 aliphatic heterocycles. The summed E-state index contributed by atoms with van der Waals surface area (Å²) in [4.78, 5) is 29.0. The van der Waals surface area contributed by atoms with Crippen molar-refractivity contribution in [3.63, 3.8) is 0 Å². The Morgan fingerprint density at radius 1 is 1.07 bits per heavy atom. The van der Waals surface area contributed by atoms with E-state index in [2.05, 4.69) is 9.71 Å². The third-order valence-electron chi connectivity index (χ3n) is 6.92. The number of fused-ring (bicyclic) bond motifs is 1. The molecule has 3 N–H and O–H groups in total. The predicted molar refractivity (Wildman–Crippen MR) is 151 cm³/mol. The zero-order chi connectivity index (χ0) is 31.3. The van der Waals surface area contributed by atoms with E-state index in [1.54, 1.807) is 0 Å². The van der Waals surface area contributed by atoms with E-state index in [1.807, 2.05) is 4.72 Å². The molecule has 2 aromatic heterocycles. The van der Waals surface area contributed by atoms with Crippen LogP contribution in [0.5, 0.6) is 0 Å². The van der Waals surface area contributed by atoms with Gasteiger partial charge in [0.2, 0.25) is 20.0 Å². The number of amides is 1. The molecule has 1 amide bonds. The molecule has 0 unspecified atom stereocenters. The predicted octanol–water partition coefficient (Wildman–Crippen LogP) is 4.19. The van der Waals surface area contributed by atoms with E-state index in [1.165, 1.54) is 31.3 Å². The normalized spacial score (nSPS) is 14.2. The van der Waals surface area contributed by atoms with Crippen LogP contribution in [0.25, 0.3) is 22.0 Å². The second-order valence-electron chi connectivity index (χ2n) is 9.94. The SMILES string of the molecule is CCS(=O)(=O)Nc1ccc(F)c(Cn2c(C(=O)NS(=O)(=O)C3CC3)c(-c3ccc[nH]c3=O)c3cc(C(F)(F)F)ccc32)c1. The topological polar surface area (TPSA) is 147 Å². The third kappa shape index (κ3) is 6.15. The molecule has 1 aliphatic carbocycles. The summed E-state index contributed by atoms with van der Waals surface area (Å²) in [6.45, 7) is 0.841. The van der Waals surface area contributed by atoms with Crippen molar-refractivity contribution in [1.82, 2.24) is 14.3 Å². The van der Waals surface area contributed by atoms with Gasteiger partial charge in [-0.3, -0.25) is 14.3 Å². The maximum absolute atomic E-state index is 15.1. The molecule has 43 heavy (non-hydrogen) atoms. The number of sulfonamides is 2. The van der Waals surface area contributed by atoms with E-state index in [-0.39, 0.29) is 39.0 Å². The fourth-order valence-electron chi connectivity index (χ4n) is 4.64. The number of carbonyl (C=O) groups excluding carboxylic acids is 1. The summed E-state index contributed by atoms with van der Waals surface area (Å²) in [6.07, 6.45) is -2.94. The van der Waals surface area contributed by atoms with Gasteiger partial charge in [0.1, 0.15) is 11.5 Å². The number of pyridine rings is 1. The van der Waals surface area contributed by atoms with Crippen LogP contribution in [0.15, 0.2) is 59.5 Å². The molecule has 5 rings (SSSR count). The van der Waals surface area contributed by atoms with Crippen molar-refractivity contribution >= 4 is 42.5 Å². The number of nitrogens with one attached hydrogen (secondary N) is 3. The van der Waals surface area contributed by atoms with Crippen molar-refractivity contribution in [2.45, 2.75) is 37.7 Å². The minimum atomic E-state index is -4.81. The summed E-state index contributed by atoms with van der Waals surface area (Å²) in [5, 5.41) is -1.06. The zero-order valence-corrected chi connectivity index (χ0v) is 24.0. The largest absolute Gasteiger partial charge is 0.416 e. The van der Waals surface area contributed by atoms with Gasteiger partial charge in [-0.1, -0.05) is 0 Å². The van der Waals surface area contributed by atoms with Crippen molar-refractivity contribution in [2.75, 3.05) is 10.5 Å². The maximum Gasteiger partial charge on any atom is 0.416 e. The number of halogens is 4. The quantitative estimate of drug-likeness (QED) is 0.234. The molecular weight excluding hydrogens is 616 g/mol. The molecule has 0 bridgehead atoms. The minimum absolute atomic E-state index is 0.0175. The minimum Gasteiger partial charge on any atom is -0.331 e. The van der Waals surface area contributed by atoms with E-state index in [0.29, 0.717) is 12.8 Å². The molecule has 1 saturated carbocycles. The van der Waals surface area contributed by atoms with Crippen molar-refractivity contribution in [3.05, 3.63) is 87.7 Å². The zero-order valence-electron chi connectivity index (χ0n) is 22.3. The molecular formula is C27H24F4N4O6S2. The fraction of sp³-hybridized carbons (Fsp3) is 0.259. The Kier molecular flexibility index (Phi) is 7.62. The van der Waals surface area contributed by atoms with Crippen LogP contribution in [0.3, 0.4) is 0 Å². The highest BCUT2D eigenvalue weighted by molar-refractivity contribution is 7.92. The molecule has 0 radical (unpaired) electrons. The van der Waals surface area contributed by atoms with Gasteiger partial charge in [0.15, 0.2) is 0 Å². The Hall–Kier alpha value is -4.18. The lowest BCUT2D eigenvalue weighted by Crippen LogP contribution is -2.35. The van der Waals surface area contributed by atoms with Gasteiger partial charge in [0, 0.05) is 39.5 Å². The van der Waals surface area contributed by atoms with E-state index in [4.69, 9.17) is 0 Å². The van der Waals surface area contributed by atoms with Crippen LogP contribution >= 0.6 is 0 Å². The number of benzene rings is 2. The van der Waals surface area contributed by atoms with Crippen LogP contribution in [0.4, 0.5) is 23.2 Å². The summed E-state index contributed by atoms with van der Waals surface area (Å²) in [5.74, 6) is -2.36. The van der Waals surface area contributed by atoms with Gasteiger partial charge in [-0.2, -0.15) is 13.2 Å². The Morgan fingerprint density at radius 3 is 2.42 bits per heavy atom. The molecule has 2 heterocycles. The molecule has 10 nitrogen and oxygen atoms in total. The number of aromatic nitrogens is 2. The van der Waals surface area contributed by atoms with Gasteiger partial charge >= 0.3 is 6.18 Å². The highest BCUT2D eigenvalue weighted by atomic mass is 32.2. The molecule has 16 heteroatoms. The van der Waals surface area contributed by atoms with Crippen LogP contribution in [0, 0.1) is 5.82 Å². The van der Waals surface area contributed by atoms with Crippen LogP contribution in [-0.2, 0) is 32.8 Å². The lowest BCUT2D eigenvalue weighted by molar-refractivity contribution is -0.137. The number of hydrogen-bond donors (Lipinski definition) is 3. The number of hydrogen-bond acceptors (Lipinski definition) is 6. The Balaban J connectivity index is 1.79. The highest BCUT2D eigenvalue weighted by Crippen LogP contribution is 2.39. The summed E-state index contributed by atoms with van der Waals surface area (Å²) < 4.78 is 111. The summed E-state index contributed by atoms with van der Waals surface area (Å²) in [6, 6.07) is 8.41. The number of anilines is 1. The standard InChI is InChI=1S/C27H24F4N4O6S2/c1-2-42(38,39)33-17-6-9-21(28)15(12-17)14-35-22-10-5-16(27(29,30)31)13-20(22)23(19-4-3-11-32-25(19)36)24(35)26(37)34-43(40,41)18-7-8-18/h3-6,9-13,18,33H,2,7-8,14H2,1H3,(H,32,36)(H,34,37). The van der Waals surface area contributed by atoms with Crippen LogP contribution < -0.4 is 15.0 Å². The first-order chi connectivity index (χ1) is 20.1. The summed E-state index contributed by atoms with van der Waals surface area (Å²) in [5.41, 5.74) is -3.16. The van der Waals surface area contributed by atoms with Crippen LogP contribution in [-0.4, -0.2) is 43.3 Å². The summed E-state index contributed by atoms with van der Waals surface area (Å²) in [7, 11) is -7.93. The number of nitrogens with zero attached hydrogens (tertiary/aromatic N) is 1. The Labute approximate surface area is 242 Å². The van der Waals surface area contributed by atoms with Gasteiger partial charge < -0.3 is 9.55 Å². The molecule has 1 aliphatic rings. The Bertz CT molecular complexity index is 2030. The van der Waals surface area contributed by atoms with Crippen LogP contribution in [0.2, 0.25) is 0 Å². The second-order valence-corrected chi connectivity index (χ2v) is 13.9. The van der Waals surface area contributed by atoms with Gasteiger partial charge in [0.25, 0.3) is 11.5 Å². The lowest BCUT2D eigenvalue weighted by Gasteiger charge is -2.15. The third-order valence-corrected chi connectivity index (χ3v) is 10.0. The van der Waals surface area contributed by atoms with E-state index >= 15 is 4.39 Å². The molecule has 0 atom stereocenters. The molecule has 1 fully saturated rings. The molecule has 0 saturated heterocycles. The van der Waals surface area contributed by atoms with E-state index < -0.39 is 66.6 Å². The monoisotopic (exact) mass is 640 g/mol. The molecule has 2 aromatic carbocycles. The van der Waals surface area contributed by atoms with E-state index in [9.17, 15) is 39.6 Å². The van der Waals surface area contributed by atoms with Crippen molar-refractivity contribution in [3.8, 4) is 11.1 Å². The van der Waals surface area contributed by atoms with Crippen molar-refractivity contribution < 1.29 is 39.2 Å². The average Bonchev–Trinajstić information content (AvgIpc) is 3.74. The maximum atomic E-state index is 15.1. The summed E-state index contributed by atoms with van der Waals surface area (Å²) >= 11 is 0. The number of rotatable bonds is 9. The van der Waals surface area contributed by atoms with E-state index in [0.717, 1.165) is 34.9 Å². The fourth-order valence-corrected chi connectivity index (χ4v) is 6.55. The number of carbonyl (C=O) groups is 1. The molecule has 228 valence electrons. The van der Waals surface area contributed by atoms with Crippen molar-refractivity contribution in [1.29, 1.82) is 0 Å². The van der Waals surface area contributed by atoms with Gasteiger partial charge in [-0.25, -0.2) is 25.9 Å². The number of H-pyrrole nitrogens is 1. The number of alkyl halides is 3. The molecule has 0 spiro atoms.